The van der Waals surface area contributed by atoms with E-state index >= 15 is 0 Å². The maximum atomic E-state index is 5.29. The first-order chi connectivity index (χ1) is 19.8. The van der Waals surface area contributed by atoms with Gasteiger partial charge in [-0.1, -0.05) is 103 Å². The lowest BCUT2D eigenvalue weighted by atomic mass is 9.89. The van der Waals surface area contributed by atoms with Gasteiger partial charge in [-0.2, -0.15) is 0 Å². The number of pyridine rings is 2. The van der Waals surface area contributed by atoms with Gasteiger partial charge in [0.2, 0.25) is 0 Å². The highest BCUT2D eigenvalue weighted by Crippen LogP contribution is 2.41. The van der Waals surface area contributed by atoms with Crippen molar-refractivity contribution in [2.24, 2.45) is 0 Å². The van der Waals surface area contributed by atoms with Crippen LogP contribution in [0, 0.1) is 0 Å². The first-order valence-electron chi connectivity index (χ1n) is 13.7. The number of rotatable bonds is 2. The van der Waals surface area contributed by atoms with Crippen molar-refractivity contribution in [1.29, 1.82) is 0 Å². The molecule has 9 aromatic rings. The molecule has 0 amide bonds. The summed E-state index contributed by atoms with van der Waals surface area (Å²) in [5, 5.41) is 13.8. The van der Waals surface area contributed by atoms with Gasteiger partial charge in [-0.15, -0.1) is 0 Å². The molecule has 2 nitrogen and oxygen atoms in total. The quantitative estimate of drug-likeness (QED) is 0.218. The number of hydrogen-bond donors (Lipinski definition) is 0. The Kier molecular flexibility index (Phi) is 4.36. The van der Waals surface area contributed by atoms with E-state index in [0.717, 1.165) is 22.2 Å². The lowest BCUT2D eigenvalue weighted by molar-refractivity contribution is 1.31. The summed E-state index contributed by atoms with van der Waals surface area (Å²) in [6, 6.07) is 44.0. The Bertz CT molecular complexity index is 2410. The normalized spacial score (nSPS) is 12.0. The van der Waals surface area contributed by atoms with Crippen LogP contribution in [0.1, 0.15) is 0 Å². The Balaban J connectivity index is 1.38. The molecule has 0 bridgehead atoms. The van der Waals surface area contributed by atoms with E-state index in [1.165, 1.54) is 65.0 Å². The maximum absolute atomic E-state index is 5.29. The summed E-state index contributed by atoms with van der Waals surface area (Å²) in [4.78, 5) is 9.70. The lowest BCUT2D eigenvalue weighted by Crippen LogP contribution is -1.92. The van der Waals surface area contributed by atoms with Gasteiger partial charge in [-0.3, -0.25) is 4.98 Å². The molecule has 9 rings (SSSR count). The van der Waals surface area contributed by atoms with Crippen molar-refractivity contribution >= 4 is 64.8 Å². The van der Waals surface area contributed by atoms with E-state index in [9.17, 15) is 0 Å². The van der Waals surface area contributed by atoms with Crippen molar-refractivity contribution in [2.45, 2.75) is 0 Å². The predicted molar refractivity (Wildman–Crippen MR) is 169 cm³/mol. The van der Waals surface area contributed by atoms with Crippen molar-refractivity contribution in [3.8, 4) is 22.4 Å². The average molecular weight is 507 g/mol. The standard InChI is InChI=1S/C38H22N2/c1-2-9-30-23(5-1)12-19-33-37(30)32-18-15-27(21-34(32)40-38(33)28-8-4-20-39-22-28)29-16-13-26-11-10-24-6-3-7-25-14-17-31(29)36(26)35(24)25/h1-22H. The summed E-state index contributed by atoms with van der Waals surface area (Å²) in [6.45, 7) is 0. The fourth-order valence-electron chi connectivity index (χ4n) is 6.65. The van der Waals surface area contributed by atoms with Gasteiger partial charge in [0.05, 0.1) is 11.2 Å². The van der Waals surface area contributed by atoms with Crippen molar-refractivity contribution in [3.05, 3.63) is 134 Å². The minimum Gasteiger partial charge on any atom is -0.264 e. The van der Waals surface area contributed by atoms with Crippen molar-refractivity contribution in [2.75, 3.05) is 0 Å². The van der Waals surface area contributed by atoms with Crippen LogP contribution in [0.25, 0.3) is 87.1 Å². The van der Waals surface area contributed by atoms with Gasteiger partial charge >= 0.3 is 0 Å². The molecule has 2 heteroatoms. The van der Waals surface area contributed by atoms with Gasteiger partial charge < -0.3 is 0 Å². The Labute approximate surface area is 230 Å². The first kappa shape index (κ1) is 21.6. The van der Waals surface area contributed by atoms with E-state index in [0.29, 0.717) is 0 Å². The minimum absolute atomic E-state index is 0.967. The monoisotopic (exact) mass is 506 g/mol. The summed E-state index contributed by atoms with van der Waals surface area (Å²) in [7, 11) is 0. The zero-order valence-electron chi connectivity index (χ0n) is 21.6. The summed E-state index contributed by atoms with van der Waals surface area (Å²) < 4.78 is 0. The number of aromatic nitrogens is 2. The Morgan fingerprint density at radius 2 is 1.15 bits per heavy atom. The largest absolute Gasteiger partial charge is 0.264 e. The lowest BCUT2D eigenvalue weighted by Gasteiger charge is -2.16. The maximum Gasteiger partial charge on any atom is 0.0803 e. The molecule has 0 aliphatic rings. The first-order valence-corrected chi connectivity index (χ1v) is 13.7. The second kappa shape index (κ2) is 8.08. The molecule has 184 valence electrons. The Morgan fingerprint density at radius 1 is 0.425 bits per heavy atom. The fourth-order valence-corrected chi connectivity index (χ4v) is 6.65. The molecule has 0 spiro atoms. The second-order valence-electron chi connectivity index (χ2n) is 10.6. The van der Waals surface area contributed by atoms with Crippen LogP contribution in [0.2, 0.25) is 0 Å². The van der Waals surface area contributed by atoms with Crippen LogP contribution in [0.3, 0.4) is 0 Å². The molecule has 0 aliphatic heterocycles. The molecule has 2 aromatic heterocycles. The second-order valence-corrected chi connectivity index (χ2v) is 10.6. The van der Waals surface area contributed by atoms with Crippen LogP contribution >= 0.6 is 0 Å². The van der Waals surface area contributed by atoms with E-state index in [4.69, 9.17) is 4.98 Å². The van der Waals surface area contributed by atoms with Crippen LogP contribution in [-0.2, 0) is 0 Å². The third-order valence-corrected chi connectivity index (χ3v) is 8.46. The van der Waals surface area contributed by atoms with Gasteiger partial charge in [0.25, 0.3) is 0 Å². The van der Waals surface area contributed by atoms with E-state index in [1.807, 2.05) is 18.5 Å². The highest BCUT2D eigenvalue weighted by molar-refractivity contribution is 6.26. The Hall–Kier alpha value is -5.34. The molecule has 7 aromatic carbocycles. The van der Waals surface area contributed by atoms with Crippen LogP contribution in [-0.4, -0.2) is 9.97 Å². The molecule has 0 fully saturated rings. The van der Waals surface area contributed by atoms with Gasteiger partial charge in [0.1, 0.15) is 0 Å². The van der Waals surface area contributed by atoms with Crippen LogP contribution < -0.4 is 0 Å². The third kappa shape index (κ3) is 2.99. The minimum atomic E-state index is 0.967. The zero-order chi connectivity index (χ0) is 26.2. The van der Waals surface area contributed by atoms with Gasteiger partial charge in [0, 0.05) is 34.1 Å². The highest BCUT2D eigenvalue weighted by atomic mass is 14.7. The summed E-state index contributed by atoms with van der Waals surface area (Å²) >= 11 is 0. The molecule has 2 heterocycles. The predicted octanol–water partition coefficient (Wildman–Crippen LogP) is 10.2. The molecule has 0 atom stereocenters. The molecule has 0 N–H and O–H groups in total. The van der Waals surface area contributed by atoms with Crippen molar-refractivity contribution < 1.29 is 0 Å². The molecular weight excluding hydrogens is 484 g/mol. The van der Waals surface area contributed by atoms with E-state index < -0.39 is 0 Å². The molecular formula is C38H22N2. The molecule has 0 saturated carbocycles. The molecule has 0 unspecified atom stereocenters. The summed E-state index contributed by atoms with van der Waals surface area (Å²) in [5.74, 6) is 0. The molecule has 0 aliphatic carbocycles. The number of nitrogens with zero attached hydrogens (tertiary/aromatic N) is 2. The zero-order valence-corrected chi connectivity index (χ0v) is 21.6. The smallest absolute Gasteiger partial charge is 0.0803 e. The van der Waals surface area contributed by atoms with Crippen LogP contribution in [0.4, 0.5) is 0 Å². The Morgan fingerprint density at radius 3 is 2.02 bits per heavy atom. The van der Waals surface area contributed by atoms with E-state index in [-0.39, 0.29) is 0 Å². The van der Waals surface area contributed by atoms with Gasteiger partial charge in [-0.25, -0.2) is 4.98 Å². The molecule has 0 saturated heterocycles. The van der Waals surface area contributed by atoms with Gasteiger partial charge in [0.15, 0.2) is 0 Å². The number of benzene rings is 7. The topological polar surface area (TPSA) is 25.8 Å². The summed E-state index contributed by atoms with van der Waals surface area (Å²) in [6.07, 6.45) is 3.72. The number of hydrogen-bond acceptors (Lipinski definition) is 2. The van der Waals surface area contributed by atoms with Crippen LogP contribution in [0.15, 0.2) is 134 Å². The average Bonchev–Trinajstić information content (AvgIpc) is 3.03. The number of fused-ring (bicyclic) bond motifs is 5. The van der Waals surface area contributed by atoms with E-state index in [2.05, 4.69) is 120 Å². The van der Waals surface area contributed by atoms with E-state index in [1.54, 1.807) is 0 Å². The SMILES string of the molecule is c1cncc(-c2nc3cc(-c4ccc5ccc6cccc7ccc4c5c67)ccc3c3c2ccc2ccccc23)c1. The third-order valence-electron chi connectivity index (χ3n) is 8.46. The van der Waals surface area contributed by atoms with Crippen molar-refractivity contribution in [1.82, 2.24) is 9.97 Å². The molecule has 0 radical (unpaired) electrons. The van der Waals surface area contributed by atoms with Gasteiger partial charge in [-0.05, 0) is 72.4 Å². The highest BCUT2D eigenvalue weighted by Gasteiger charge is 2.16. The van der Waals surface area contributed by atoms with Crippen LogP contribution in [0.5, 0.6) is 0 Å². The molecule has 40 heavy (non-hydrogen) atoms. The summed E-state index contributed by atoms with van der Waals surface area (Å²) in [5.41, 5.74) is 5.39. The van der Waals surface area contributed by atoms with Crippen molar-refractivity contribution in [3.63, 3.8) is 0 Å². The fraction of sp³-hybridized carbons (Fsp3) is 0.